The Morgan fingerprint density at radius 3 is 2.67 bits per heavy atom. The molecule has 2 heterocycles. The summed E-state index contributed by atoms with van der Waals surface area (Å²) in [6.07, 6.45) is 0.917. The van der Waals surface area contributed by atoms with Crippen LogP contribution in [0.25, 0.3) is 22.1 Å². The number of benzene rings is 2. The van der Waals surface area contributed by atoms with Crippen molar-refractivity contribution >= 4 is 29.3 Å². The Bertz CT molecular complexity index is 968. The second-order valence-electron chi connectivity index (χ2n) is 7.24. The van der Waals surface area contributed by atoms with Gasteiger partial charge in [0.25, 0.3) is 5.91 Å². The zero-order valence-electron chi connectivity index (χ0n) is 17.1. The fourth-order valence-electron chi connectivity index (χ4n) is 3.77. The van der Waals surface area contributed by atoms with Crippen LogP contribution in [-0.2, 0) is 0 Å². The van der Waals surface area contributed by atoms with Gasteiger partial charge in [-0.1, -0.05) is 30.3 Å². The number of hydrogen-bond donors (Lipinski definition) is 2. The highest BCUT2D eigenvalue weighted by Crippen LogP contribution is 2.36. The maximum absolute atomic E-state index is 13.0. The van der Waals surface area contributed by atoms with Gasteiger partial charge in [0.2, 0.25) is 5.76 Å². The van der Waals surface area contributed by atoms with Crippen LogP contribution in [0.3, 0.4) is 0 Å². The number of piperazine rings is 1. The number of amides is 1. The third-order valence-electron chi connectivity index (χ3n) is 5.31. The van der Waals surface area contributed by atoms with E-state index < -0.39 is 0 Å². The van der Waals surface area contributed by atoms with Crippen LogP contribution in [0, 0.1) is 0 Å². The normalized spacial score (nSPS) is 14.3. The zero-order chi connectivity index (χ0) is 20.1. The molecule has 0 spiro atoms. The molecular formula is C23H28ClN3O3. The van der Waals surface area contributed by atoms with Gasteiger partial charge < -0.3 is 24.7 Å². The van der Waals surface area contributed by atoms with E-state index in [9.17, 15) is 4.79 Å². The van der Waals surface area contributed by atoms with Crippen molar-refractivity contribution in [3.05, 3.63) is 54.3 Å². The lowest BCUT2D eigenvalue weighted by molar-refractivity contribution is 0.0926. The fraction of sp³-hybridized carbons (Fsp3) is 0.348. The third kappa shape index (κ3) is 4.95. The van der Waals surface area contributed by atoms with Crippen LogP contribution < -0.4 is 15.4 Å². The number of hydrogen-bond acceptors (Lipinski definition) is 5. The molecule has 0 bridgehead atoms. The zero-order valence-corrected chi connectivity index (χ0v) is 18.0. The largest absolute Gasteiger partial charge is 0.497 e. The van der Waals surface area contributed by atoms with Crippen molar-refractivity contribution in [2.24, 2.45) is 0 Å². The van der Waals surface area contributed by atoms with Gasteiger partial charge in [-0.15, -0.1) is 12.4 Å². The topological polar surface area (TPSA) is 66.7 Å². The smallest absolute Gasteiger partial charge is 0.287 e. The number of rotatable bonds is 7. The van der Waals surface area contributed by atoms with E-state index in [1.807, 2.05) is 48.5 Å². The lowest BCUT2D eigenvalue weighted by Crippen LogP contribution is -2.44. The van der Waals surface area contributed by atoms with Gasteiger partial charge in [-0.05, 0) is 30.7 Å². The molecule has 6 nitrogen and oxygen atoms in total. The fourth-order valence-corrected chi connectivity index (χ4v) is 3.77. The summed E-state index contributed by atoms with van der Waals surface area (Å²) < 4.78 is 11.3. The van der Waals surface area contributed by atoms with Crippen molar-refractivity contribution in [3.63, 3.8) is 0 Å². The average molecular weight is 430 g/mol. The Morgan fingerprint density at radius 2 is 1.93 bits per heavy atom. The molecule has 1 saturated heterocycles. The SMILES string of the molecule is COc1ccc2c(-c3ccccc3)c(C(=O)NCCCN3CCNCC3)oc2c1.Cl. The quantitative estimate of drug-likeness (QED) is 0.562. The highest BCUT2D eigenvalue weighted by atomic mass is 35.5. The van der Waals surface area contributed by atoms with Gasteiger partial charge in [-0.3, -0.25) is 4.79 Å². The number of methoxy groups -OCH3 is 1. The maximum Gasteiger partial charge on any atom is 0.287 e. The number of carbonyl (C=O) groups is 1. The van der Waals surface area contributed by atoms with E-state index in [1.54, 1.807) is 7.11 Å². The minimum Gasteiger partial charge on any atom is -0.497 e. The molecule has 0 aliphatic carbocycles. The van der Waals surface area contributed by atoms with Crippen molar-refractivity contribution in [1.29, 1.82) is 0 Å². The molecule has 2 N–H and O–H groups in total. The molecule has 7 heteroatoms. The van der Waals surface area contributed by atoms with Crippen molar-refractivity contribution in [1.82, 2.24) is 15.5 Å². The minimum atomic E-state index is -0.181. The predicted molar refractivity (Wildman–Crippen MR) is 122 cm³/mol. The molecule has 1 amide bonds. The predicted octanol–water partition coefficient (Wildman–Crippen LogP) is 3.56. The molecule has 0 radical (unpaired) electrons. The highest BCUT2D eigenvalue weighted by molar-refractivity contribution is 6.08. The van der Waals surface area contributed by atoms with Crippen LogP contribution in [0.1, 0.15) is 17.0 Å². The van der Waals surface area contributed by atoms with E-state index in [4.69, 9.17) is 9.15 Å². The Balaban J connectivity index is 0.00000256. The summed E-state index contributed by atoms with van der Waals surface area (Å²) in [5, 5.41) is 7.29. The Kier molecular flexibility index (Phi) is 7.74. The number of ether oxygens (including phenoxy) is 1. The van der Waals surface area contributed by atoms with Crippen molar-refractivity contribution < 1.29 is 13.9 Å². The van der Waals surface area contributed by atoms with Gasteiger partial charge >= 0.3 is 0 Å². The molecule has 0 unspecified atom stereocenters. The van der Waals surface area contributed by atoms with Crippen LogP contribution in [0.2, 0.25) is 0 Å². The molecule has 160 valence electrons. The highest BCUT2D eigenvalue weighted by Gasteiger charge is 2.22. The first-order valence-electron chi connectivity index (χ1n) is 10.1. The van der Waals surface area contributed by atoms with Crippen molar-refractivity contribution in [3.8, 4) is 16.9 Å². The summed E-state index contributed by atoms with van der Waals surface area (Å²) in [7, 11) is 1.62. The molecule has 2 aromatic carbocycles. The first kappa shape index (κ1) is 22.2. The summed E-state index contributed by atoms with van der Waals surface area (Å²) in [4.78, 5) is 15.4. The van der Waals surface area contributed by atoms with Gasteiger partial charge in [0.05, 0.1) is 7.11 Å². The Morgan fingerprint density at radius 1 is 1.17 bits per heavy atom. The van der Waals surface area contributed by atoms with Crippen LogP contribution >= 0.6 is 12.4 Å². The first-order chi connectivity index (χ1) is 14.3. The van der Waals surface area contributed by atoms with Crippen LogP contribution in [0.5, 0.6) is 5.75 Å². The number of carbonyl (C=O) groups excluding carboxylic acids is 1. The number of fused-ring (bicyclic) bond motifs is 1. The average Bonchev–Trinajstić information content (AvgIpc) is 3.16. The lowest BCUT2D eigenvalue weighted by atomic mass is 10.0. The summed E-state index contributed by atoms with van der Waals surface area (Å²) in [6, 6.07) is 15.5. The van der Waals surface area contributed by atoms with Crippen LogP contribution in [-0.4, -0.2) is 57.2 Å². The van der Waals surface area contributed by atoms with E-state index in [0.717, 1.165) is 55.7 Å². The molecule has 1 aliphatic rings. The summed E-state index contributed by atoms with van der Waals surface area (Å²) >= 11 is 0. The second-order valence-corrected chi connectivity index (χ2v) is 7.24. The standard InChI is InChI=1S/C23H27N3O3.ClH/c1-28-18-8-9-19-20(16-18)29-22(21(19)17-6-3-2-4-7-17)23(27)25-10-5-13-26-14-11-24-12-15-26;/h2-4,6-9,16,24H,5,10-15H2,1H3,(H,25,27);1H. The summed E-state index contributed by atoms with van der Waals surface area (Å²) in [6.45, 7) is 5.82. The van der Waals surface area contributed by atoms with Crippen LogP contribution in [0.4, 0.5) is 0 Å². The van der Waals surface area contributed by atoms with E-state index in [-0.39, 0.29) is 18.3 Å². The van der Waals surface area contributed by atoms with Gasteiger partial charge in [0.15, 0.2) is 0 Å². The third-order valence-corrected chi connectivity index (χ3v) is 5.31. The summed E-state index contributed by atoms with van der Waals surface area (Å²) in [5.74, 6) is 0.870. The Hall–Kier alpha value is -2.54. The molecule has 30 heavy (non-hydrogen) atoms. The molecule has 0 saturated carbocycles. The van der Waals surface area contributed by atoms with Crippen molar-refractivity contribution in [2.75, 3.05) is 46.4 Å². The number of nitrogens with one attached hydrogen (secondary N) is 2. The Labute approximate surface area is 183 Å². The van der Waals surface area contributed by atoms with E-state index in [2.05, 4.69) is 15.5 Å². The first-order valence-corrected chi connectivity index (χ1v) is 10.1. The monoisotopic (exact) mass is 429 g/mol. The molecule has 1 fully saturated rings. The molecule has 3 aromatic rings. The number of halogens is 1. The van der Waals surface area contributed by atoms with Gasteiger partial charge in [-0.25, -0.2) is 0 Å². The minimum absolute atomic E-state index is 0. The molecule has 1 aliphatic heterocycles. The summed E-state index contributed by atoms with van der Waals surface area (Å²) in [5.41, 5.74) is 2.43. The van der Waals surface area contributed by atoms with E-state index in [1.165, 1.54) is 0 Å². The number of furan rings is 1. The molecule has 0 atom stereocenters. The van der Waals surface area contributed by atoms with Crippen molar-refractivity contribution in [2.45, 2.75) is 6.42 Å². The van der Waals surface area contributed by atoms with Gasteiger partial charge in [-0.2, -0.15) is 0 Å². The van der Waals surface area contributed by atoms with E-state index in [0.29, 0.717) is 23.6 Å². The van der Waals surface area contributed by atoms with Crippen LogP contribution in [0.15, 0.2) is 52.9 Å². The molecular weight excluding hydrogens is 402 g/mol. The van der Waals surface area contributed by atoms with Gasteiger partial charge in [0.1, 0.15) is 11.3 Å². The second kappa shape index (κ2) is 10.5. The van der Waals surface area contributed by atoms with Gasteiger partial charge in [0, 0.05) is 49.7 Å². The van der Waals surface area contributed by atoms with E-state index >= 15 is 0 Å². The maximum atomic E-state index is 13.0. The lowest BCUT2D eigenvalue weighted by Gasteiger charge is -2.27. The molecule has 1 aromatic heterocycles. The molecule has 4 rings (SSSR count). The number of nitrogens with zero attached hydrogens (tertiary/aromatic N) is 1.